The minimum Gasteiger partial charge on any atom is -0.396 e. The van der Waals surface area contributed by atoms with E-state index in [2.05, 4.69) is 4.74 Å². The van der Waals surface area contributed by atoms with E-state index < -0.39 is 49.7 Å². The van der Waals surface area contributed by atoms with Crippen molar-refractivity contribution in [3.8, 4) is 0 Å². The zero-order valence-electron chi connectivity index (χ0n) is 12.5. The number of aliphatic hydroxyl groups is 6. The molecule has 0 saturated carbocycles. The Hall–Kier alpha value is -0.360. The van der Waals surface area contributed by atoms with Gasteiger partial charge in [0.05, 0.1) is 24.9 Å². The van der Waals surface area contributed by atoms with Crippen LogP contribution in [0.5, 0.6) is 0 Å². The molecule has 0 amide bonds. The minimum atomic E-state index is -1.22. The van der Waals surface area contributed by atoms with Crippen LogP contribution < -0.4 is 0 Å². The maximum absolute atomic E-state index is 10.0. The van der Waals surface area contributed by atoms with Crippen LogP contribution in [0.3, 0.4) is 0 Å². The Bertz CT molecular complexity index is 303. The predicted molar refractivity (Wildman–Crippen MR) is 72.6 cm³/mol. The first kappa shape index (κ1) is 19.7. The number of hydrogen-bond acceptors (Lipinski definition) is 9. The van der Waals surface area contributed by atoms with Gasteiger partial charge in [-0.2, -0.15) is 0 Å². The Morgan fingerprint density at radius 2 is 1.91 bits per heavy atom. The van der Waals surface area contributed by atoms with E-state index in [1.54, 1.807) is 0 Å². The highest BCUT2D eigenvalue weighted by molar-refractivity contribution is 4.83. The van der Waals surface area contributed by atoms with Crippen LogP contribution >= 0.6 is 0 Å². The van der Waals surface area contributed by atoms with E-state index >= 15 is 0 Å². The second-order valence-corrected chi connectivity index (χ2v) is 5.26. The lowest BCUT2D eigenvalue weighted by Gasteiger charge is -2.38. The Labute approximate surface area is 128 Å². The lowest BCUT2D eigenvalue weighted by Crippen LogP contribution is -2.52. The Morgan fingerprint density at radius 3 is 2.45 bits per heavy atom. The standard InChI is InChI=1S/C13H26O9/c1-20-11(18)4-7(16)9(2-3-14)21-12-5-8(17)13(19)10(6-15)22-12/h7-19H,2-6H2,1H3/t7?,8?,9-,10?,11?,12+,13+/m1/s1. The zero-order valence-corrected chi connectivity index (χ0v) is 12.5. The van der Waals surface area contributed by atoms with Crippen LogP contribution in [0.15, 0.2) is 0 Å². The smallest absolute Gasteiger partial charge is 0.161 e. The number of rotatable bonds is 9. The third-order valence-electron chi connectivity index (χ3n) is 3.60. The van der Waals surface area contributed by atoms with E-state index in [-0.39, 0.29) is 25.9 Å². The Morgan fingerprint density at radius 1 is 1.23 bits per heavy atom. The third kappa shape index (κ3) is 5.69. The summed E-state index contributed by atoms with van der Waals surface area (Å²) in [4.78, 5) is 0. The lowest BCUT2D eigenvalue weighted by molar-refractivity contribution is -0.280. The molecule has 0 aliphatic carbocycles. The summed E-state index contributed by atoms with van der Waals surface area (Å²) in [5.41, 5.74) is 0. The van der Waals surface area contributed by atoms with E-state index in [1.165, 1.54) is 7.11 Å². The highest BCUT2D eigenvalue weighted by Crippen LogP contribution is 2.24. The summed E-state index contributed by atoms with van der Waals surface area (Å²) in [6.45, 7) is -0.750. The SMILES string of the molecule is COC(O)CC(O)[C@@H](CCO)O[C@@H]1CC(O)[C@H](O)C(CO)O1. The number of hydrogen-bond donors (Lipinski definition) is 6. The largest absolute Gasteiger partial charge is 0.396 e. The summed E-state index contributed by atoms with van der Waals surface area (Å²) in [5, 5.41) is 56.9. The van der Waals surface area contributed by atoms with Crippen LogP contribution in [0.2, 0.25) is 0 Å². The van der Waals surface area contributed by atoms with Crippen molar-refractivity contribution in [2.24, 2.45) is 0 Å². The summed E-state index contributed by atoms with van der Waals surface area (Å²) in [6.07, 6.45) is -7.55. The molecule has 7 atom stereocenters. The van der Waals surface area contributed by atoms with E-state index in [0.717, 1.165) is 0 Å². The van der Waals surface area contributed by atoms with Gasteiger partial charge in [-0.1, -0.05) is 0 Å². The minimum absolute atomic E-state index is 0.0425. The summed E-state index contributed by atoms with van der Waals surface area (Å²) in [5.74, 6) is 0. The Kier molecular flexibility index (Phi) is 8.69. The second kappa shape index (κ2) is 9.71. The van der Waals surface area contributed by atoms with Crippen LogP contribution in [0, 0.1) is 0 Å². The van der Waals surface area contributed by atoms with Gasteiger partial charge in [0.25, 0.3) is 0 Å². The van der Waals surface area contributed by atoms with Crippen molar-refractivity contribution in [3.05, 3.63) is 0 Å². The van der Waals surface area contributed by atoms with Gasteiger partial charge >= 0.3 is 0 Å². The van der Waals surface area contributed by atoms with E-state index in [0.29, 0.717) is 0 Å². The summed E-state index contributed by atoms with van der Waals surface area (Å²) < 4.78 is 15.5. The van der Waals surface area contributed by atoms with Gasteiger partial charge < -0.3 is 44.8 Å². The van der Waals surface area contributed by atoms with Gasteiger partial charge in [-0.05, 0) is 6.42 Å². The second-order valence-electron chi connectivity index (χ2n) is 5.26. The highest BCUT2D eigenvalue weighted by Gasteiger charge is 2.38. The fourth-order valence-electron chi connectivity index (χ4n) is 2.28. The molecule has 1 rings (SSSR count). The predicted octanol–water partition coefficient (Wildman–Crippen LogP) is -2.70. The molecule has 6 N–H and O–H groups in total. The molecule has 0 aromatic rings. The fraction of sp³-hybridized carbons (Fsp3) is 1.00. The highest BCUT2D eigenvalue weighted by atomic mass is 16.7. The summed E-state index contributed by atoms with van der Waals surface area (Å²) in [6, 6.07) is 0. The first-order chi connectivity index (χ1) is 10.4. The molecule has 0 aromatic carbocycles. The average Bonchev–Trinajstić information content (AvgIpc) is 2.49. The molecule has 0 radical (unpaired) electrons. The Balaban J connectivity index is 2.61. The van der Waals surface area contributed by atoms with Gasteiger partial charge in [0.15, 0.2) is 12.6 Å². The molecule has 1 fully saturated rings. The van der Waals surface area contributed by atoms with Gasteiger partial charge in [0, 0.05) is 26.6 Å². The summed E-state index contributed by atoms with van der Waals surface area (Å²) in [7, 11) is 1.28. The maximum Gasteiger partial charge on any atom is 0.161 e. The van der Waals surface area contributed by atoms with Crippen LogP contribution in [0.25, 0.3) is 0 Å². The quantitative estimate of drug-likeness (QED) is 0.249. The van der Waals surface area contributed by atoms with E-state index in [9.17, 15) is 20.4 Å². The summed E-state index contributed by atoms with van der Waals surface area (Å²) >= 11 is 0. The number of aliphatic hydroxyl groups excluding tert-OH is 6. The van der Waals surface area contributed by atoms with Crippen LogP contribution in [0.4, 0.5) is 0 Å². The van der Waals surface area contributed by atoms with Crippen molar-refractivity contribution in [1.82, 2.24) is 0 Å². The third-order valence-corrected chi connectivity index (χ3v) is 3.60. The molecule has 1 aliphatic rings. The number of methoxy groups -OCH3 is 1. The fourth-order valence-corrected chi connectivity index (χ4v) is 2.28. The van der Waals surface area contributed by atoms with Gasteiger partial charge in [-0.25, -0.2) is 0 Å². The monoisotopic (exact) mass is 326 g/mol. The molecule has 1 heterocycles. The molecule has 9 nitrogen and oxygen atoms in total. The van der Waals surface area contributed by atoms with Gasteiger partial charge in [-0.15, -0.1) is 0 Å². The van der Waals surface area contributed by atoms with Crippen molar-refractivity contribution in [3.63, 3.8) is 0 Å². The van der Waals surface area contributed by atoms with Crippen LogP contribution in [-0.4, -0.2) is 94.1 Å². The molecule has 0 bridgehead atoms. The molecular weight excluding hydrogens is 300 g/mol. The van der Waals surface area contributed by atoms with Crippen molar-refractivity contribution in [2.45, 2.75) is 62.4 Å². The zero-order chi connectivity index (χ0) is 16.7. The first-order valence-electron chi connectivity index (χ1n) is 7.20. The molecule has 0 spiro atoms. The van der Waals surface area contributed by atoms with Crippen molar-refractivity contribution in [1.29, 1.82) is 0 Å². The molecule has 132 valence electrons. The molecule has 0 aromatic heterocycles. The molecular formula is C13H26O9. The van der Waals surface area contributed by atoms with Crippen molar-refractivity contribution < 1.29 is 44.8 Å². The molecule has 4 unspecified atom stereocenters. The molecule has 22 heavy (non-hydrogen) atoms. The maximum atomic E-state index is 10.0. The van der Waals surface area contributed by atoms with E-state index in [4.69, 9.17) is 19.7 Å². The molecule has 9 heteroatoms. The van der Waals surface area contributed by atoms with Crippen LogP contribution in [-0.2, 0) is 14.2 Å². The lowest BCUT2D eigenvalue weighted by atomic mass is 10.0. The van der Waals surface area contributed by atoms with Gasteiger partial charge in [0.2, 0.25) is 0 Å². The number of ether oxygens (including phenoxy) is 3. The topological polar surface area (TPSA) is 149 Å². The molecule has 1 saturated heterocycles. The molecule has 1 aliphatic heterocycles. The van der Waals surface area contributed by atoms with E-state index in [1.807, 2.05) is 0 Å². The van der Waals surface area contributed by atoms with Crippen molar-refractivity contribution in [2.75, 3.05) is 20.3 Å². The van der Waals surface area contributed by atoms with Gasteiger partial charge in [0.1, 0.15) is 12.2 Å². The average molecular weight is 326 g/mol. The van der Waals surface area contributed by atoms with Crippen molar-refractivity contribution >= 4 is 0 Å². The van der Waals surface area contributed by atoms with Crippen LogP contribution in [0.1, 0.15) is 19.3 Å². The van der Waals surface area contributed by atoms with Gasteiger partial charge in [-0.3, -0.25) is 0 Å². The first-order valence-corrected chi connectivity index (χ1v) is 7.20. The normalized spacial score (nSPS) is 33.4.